The molecule has 118 valence electrons. The van der Waals surface area contributed by atoms with Gasteiger partial charge in [-0.15, -0.1) is 11.8 Å². The van der Waals surface area contributed by atoms with Crippen LogP contribution in [0.2, 0.25) is 0 Å². The molecule has 23 heavy (non-hydrogen) atoms. The van der Waals surface area contributed by atoms with Crippen molar-refractivity contribution in [2.75, 3.05) is 17.7 Å². The smallest absolute Gasteiger partial charge is 0.355 e. The quantitative estimate of drug-likeness (QED) is 0.650. The summed E-state index contributed by atoms with van der Waals surface area (Å²) in [5.74, 6) is -0.701. The lowest BCUT2D eigenvalue weighted by molar-refractivity contribution is -0.119. The van der Waals surface area contributed by atoms with Gasteiger partial charge in [0.25, 0.3) is 5.91 Å². The van der Waals surface area contributed by atoms with E-state index in [9.17, 15) is 9.59 Å². The van der Waals surface area contributed by atoms with Gasteiger partial charge in [-0.1, -0.05) is 12.1 Å². The number of thioether (sulfide) groups is 1. The maximum absolute atomic E-state index is 11.9. The highest BCUT2D eigenvalue weighted by Gasteiger charge is 2.13. The van der Waals surface area contributed by atoms with Crippen molar-refractivity contribution >= 4 is 29.3 Å². The van der Waals surface area contributed by atoms with Gasteiger partial charge >= 0.3 is 5.97 Å². The van der Waals surface area contributed by atoms with E-state index in [2.05, 4.69) is 5.32 Å². The Balaban J connectivity index is 1.92. The highest BCUT2D eigenvalue weighted by Crippen LogP contribution is 2.26. The lowest BCUT2D eigenvalue weighted by Gasteiger charge is -2.10. The molecule has 0 aliphatic rings. The largest absolute Gasteiger partial charge is 0.451 e. The molecule has 0 atom stereocenters. The molecule has 6 nitrogen and oxygen atoms in total. The summed E-state index contributed by atoms with van der Waals surface area (Å²) < 4.78 is 6.61. The third kappa shape index (κ3) is 4.63. The Labute approximate surface area is 138 Å². The number of carbonyl (C=O) groups is 2. The fraction of sp³-hybridized carbons (Fsp3) is 0.188. The average Bonchev–Trinajstić information content (AvgIpc) is 2.98. The third-order valence-corrected chi connectivity index (χ3v) is 3.88. The third-order valence-electron chi connectivity index (χ3n) is 2.94. The van der Waals surface area contributed by atoms with Gasteiger partial charge in [0.1, 0.15) is 5.69 Å². The van der Waals surface area contributed by atoms with E-state index in [4.69, 9.17) is 10.00 Å². The first-order valence-electron chi connectivity index (χ1n) is 6.79. The first kappa shape index (κ1) is 16.6. The van der Waals surface area contributed by atoms with Gasteiger partial charge < -0.3 is 14.6 Å². The number of hydrogen-bond donors (Lipinski definition) is 1. The normalized spacial score (nSPS) is 9.91. The van der Waals surface area contributed by atoms with E-state index >= 15 is 0 Å². The number of para-hydroxylation sites is 1. The van der Waals surface area contributed by atoms with Crippen LogP contribution in [0, 0.1) is 11.3 Å². The van der Waals surface area contributed by atoms with Crippen molar-refractivity contribution in [1.29, 1.82) is 5.26 Å². The van der Waals surface area contributed by atoms with Crippen LogP contribution in [-0.4, -0.2) is 28.8 Å². The topological polar surface area (TPSA) is 84.1 Å². The van der Waals surface area contributed by atoms with E-state index in [0.29, 0.717) is 11.4 Å². The number of aryl methyl sites for hydroxylation is 1. The Morgan fingerprint density at radius 2 is 2.09 bits per heavy atom. The van der Waals surface area contributed by atoms with Crippen LogP contribution in [0.15, 0.2) is 47.5 Å². The molecule has 0 unspecified atom stereocenters. The molecule has 7 heteroatoms. The molecule has 0 radical (unpaired) electrons. The number of nitrogens with zero attached hydrogens (tertiary/aromatic N) is 2. The molecule has 0 fully saturated rings. The molecule has 0 aliphatic heterocycles. The monoisotopic (exact) mass is 329 g/mol. The Morgan fingerprint density at radius 1 is 1.30 bits per heavy atom. The van der Waals surface area contributed by atoms with Crippen molar-refractivity contribution in [2.24, 2.45) is 7.05 Å². The summed E-state index contributed by atoms with van der Waals surface area (Å²) in [5, 5.41) is 11.3. The molecule has 2 rings (SSSR count). The molecular formula is C16H15N3O3S. The number of nitrogens with one attached hydrogen (secondary N) is 1. The lowest BCUT2D eigenvalue weighted by Crippen LogP contribution is -2.22. The predicted molar refractivity (Wildman–Crippen MR) is 87.1 cm³/mol. The standard InChI is InChI=1S/C16H15N3O3S/c1-19-9-4-6-13(19)16(21)22-11-15(20)18-12-5-2-3-7-14(12)23-10-8-17/h2-7,9H,10-11H2,1H3,(H,18,20). The van der Waals surface area contributed by atoms with E-state index in [1.165, 1.54) is 11.8 Å². The molecular weight excluding hydrogens is 314 g/mol. The minimum atomic E-state index is -0.556. The fourth-order valence-electron chi connectivity index (χ4n) is 1.87. The summed E-state index contributed by atoms with van der Waals surface area (Å²) in [7, 11) is 1.72. The van der Waals surface area contributed by atoms with Gasteiger partial charge in [0.15, 0.2) is 6.61 Å². The molecule has 1 heterocycles. The van der Waals surface area contributed by atoms with Crippen LogP contribution in [0.4, 0.5) is 5.69 Å². The first-order valence-corrected chi connectivity index (χ1v) is 7.77. The van der Waals surface area contributed by atoms with E-state index in [1.807, 2.05) is 18.2 Å². The average molecular weight is 329 g/mol. The number of amides is 1. The number of aromatic nitrogens is 1. The number of ether oxygens (including phenoxy) is 1. The molecule has 2 aromatic rings. The molecule has 1 N–H and O–H groups in total. The summed E-state index contributed by atoms with van der Waals surface area (Å²) in [6, 6.07) is 12.5. The van der Waals surface area contributed by atoms with Gasteiger partial charge in [-0.3, -0.25) is 4.79 Å². The molecule has 1 aromatic carbocycles. The highest BCUT2D eigenvalue weighted by molar-refractivity contribution is 7.99. The molecule has 0 bridgehead atoms. The number of benzene rings is 1. The van der Waals surface area contributed by atoms with Gasteiger partial charge in [-0.25, -0.2) is 4.79 Å². The van der Waals surface area contributed by atoms with Gasteiger partial charge in [0.05, 0.1) is 17.5 Å². The molecule has 1 amide bonds. The van der Waals surface area contributed by atoms with Crippen LogP contribution in [0.1, 0.15) is 10.5 Å². The van der Waals surface area contributed by atoms with Crippen LogP contribution in [0.25, 0.3) is 0 Å². The Hall–Kier alpha value is -2.72. The number of rotatable bonds is 6. The summed E-state index contributed by atoms with van der Waals surface area (Å²) >= 11 is 1.33. The zero-order valence-corrected chi connectivity index (χ0v) is 13.3. The SMILES string of the molecule is Cn1cccc1C(=O)OCC(=O)Nc1ccccc1SCC#N. The van der Waals surface area contributed by atoms with Crippen LogP contribution in [0.5, 0.6) is 0 Å². The molecule has 1 aromatic heterocycles. The van der Waals surface area contributed by atoms with Crippen molar-refractivity contribution in [2.45, 2.75) is 4.90 Å². The van der Waals surface area contributed by atoms with E-state index in [1.54, 1.807) is 42.1 Å². The van der Waals surface area contributed by atoms with Crippen molar-refractivity contribution in [1.82, 2.24) is 4.57 Å². The molecule has 0 aliphatic carbocycles. The number of nitriles is 1. The van der Waals surface area contributed by atoms with Gasteiger partial charge in [-0.2, -0.15) is 5.26 Å². The first-order chi connectivity index (χ1) is 11.1. The second-order valence-electron chi connectivity index (χ2n) is 4.57. The Morgan fingerprint density at radius 3 is 2.78 bits per heavy atom. The number of carbonyl (C=O) groups excluding carboxylic acids is 2. The fourth-order valence-corrected chi connectivity index (χ4v) is 2.54. The lowest BCUT2D eigenvalue weighted by atomic mass is 10.3. The van der Waals surface area contributed by atoms with Crippen molar-refractivity contribution in [3.05, 3.63) is 48.3 Å². The van der Waals surface area contributed by atoms with Crippen LogP contribution >= 0.6 is 11.8 Å². The number of anilines is 1. The summed E-state index contributed by atoms with van der Waals surface area (Å²) in [5.41, 5.74) is 0.968. The van der Waals surface area contributed by atoms with Crippen LogP contribution < -0.4 is 5.32 Å². The highest BCUT2D eigenvalue weighted by atomic mass is 32.2. The van der Waals surface area contributed by atoms with Crippen molar-refractivity contribution in [3.63, 3.8) is 0 Å². The summed E-state index contributed by atoms with van der Waals surface area (Å²) in [6.45, 7) is -0.374. The summed E-state index contributed by atoms with van der Waals surface area (Å²) in [4.78, 5) is 24.5. The van der Waals surface area contributed by atoms with Gasteiger partial charge in [0, 0.05) is 18.1 Å². The Kier molecular flexibility index (Phi) is 5.83. The second-order valence-corrected chi connectivity index (χ2v) is 5.59. The van der Waals surface area contributed by atoms with E-state index in [0.717, 1.165) is 4.90 Å². The van der Waals surface area contributed by atoms with E-state index in [-0.39, 0.29) is 12.4 Å². The van der Waals surface area contributed by atoms with Crippen molar-refractivity contribution < 1.29 is 14.3 Å². The van der Waals surface area contributed by atoms with Crippen LogP contribution in [0.3, 0.4) is 0 Å². The van der Waals surface area contributed by atoms with Gasteiger partial charge in [-0.05, 0) is 24.3 Å². The summed E-state index contributed by atoms with van der Waals surface area (Å²) in [6.07, 6.45) is 1.72. The maximum atomic E-state index is 11.9. The number of esters is 1. The van der Waals surface area contributed by atoms with Crippen LogP contribution in [-0.2, 0) is 16.6 Å². The van der Waals surface area contributed by atoms with E-state index < -0.39 is 11.9 Å². The molecule has 0 spiro atoms. The molecule has 0 saturated heterocycles. The minimum Gasteiger partial charge on any atom is -0.451 e. The maximum Gasteiger partial charge on any atom is 0.355 e. The molecule has 0 saturated carbocycles. The van der Waals surface area contributed by atoms with Crippen molar-refractivity contribution in [3.8, 4) is 6.07 Å². The number of hydrogen-bond acceptors (Lipinski definition) is 5. The second kappa shape index (κ2) is 8.06. The predicted octanol–water partition coefficient (Wildman–Crippen LogP) is 2.44. The zero-order valence-electron chi connectivity index (χ0n) is 12.5. The Bertz CT molecular complexity index is 749. The minimum absolute atomic E-state index is 0.287. The zero-order chi connectivity index (χ0) is 16.7. The van der Waals surface area contributed by atoms with Gasteiger partial charge in [0.2, 0.25) is 0 Å².